The number of morpholine rings is 1. The number of hydrogen-bond acceptors (Lipinski definition) is 8. The smallest absolute Gasteiger partial charge is 0.453 e. The lowest BCUT2D eigenvalue weighted by Gasteiger charge is -2.36. The van der Waals surface area contributed by atoms with Crippen LogP contribution in [0.5, 0.6) is 11.5 Å². The summed E-state index contributed by atoms with van der Waals surface area (Å²) < 4.78 is 32.1. The number of fused-ring (bicyclic) bond motifs is 3. The van der Waals surface area contributed by atoms with Gasteiger partial charge in [0.05, 0.1) is 41.3 Å². The molecule has 2 saturated heterocycles. The minimum absolute atomic E-state index is 0.388. The fourth-order valence-corrected chi connectivity index (χ4v) is 6.30. The molecule has 0 amide bonds. The van der Waals surface area contributed by atoms with E-state index in [2.05, 4.69) is 67.8 Å². The second-order valence-corrected chi connectivity index (χ2v) is 14.6. The molecule has 0 saturated carbocycles. The maximum atomic E-state index is 12.8. The van der Waals surface area contributed by atoms with E-state index in [1.54, 1.807) is 10.8 Å². The number of ether oxygens (including phenoxy) is 3. The SMILES string of the molecule is CC(C)(C)OC(=O)n1ccc2cc(-c3ccc4c(c3)N(CCN3CCOCC3)c3cc(B5OC(C)(C)C(C)(C)O5)ccc3O4)ccc21. The molecular weight excluding hydrogens is 593 g/mol. The second-order valence-electron chi connectivity index (χ2n) is 14.6. The number of hydrogen-bond donors (Lipinski definition) is 0. The average Bonchev–Trinajstić information content (AvgIpc) is 3.54. The van der Waals surface area contributed by atoms with Crippen molar-refractivity contribution >= 4 is 41.0 Å². The first kappa shape index (κ1) is 31.8. The molecule has 0 bridgehead atoms. The van der Waals surface area contributed by atoms with Crippen LogP contribution in [0, 0.1) is 0 Å². The third-order valence-electron chi connectivity index (χ3n) is 9.63. The zero-order valence-corrected chi connectivity index (χ0v) is 28.5. The van der Waals surface area contributed by atoms with Crippen molar-refractivity contribution < 1.29 is 28.3 Å². The van der Waals surface area contributed by atoms with Gasteiger partial charge in [-0.3, -0.25) is 9.47 Å². The van der Waals surface area contributed by atoms with Gasteiger partial charge in [-0.05, 0) is 108 Å². The topological polar surface area (TPSA) is 74.6 Å². The molecule has 0 aliphatic carbocycles. The van der Waals surface area contributed by atoms with Crippen molar-refractivity contribution in [1.29, 1.82) is 0 Å². The van der Waals surface area contributed by atoms with Crippen LogP contribution in [0.2, 0.25) is 0 Å². The monoisotopic (exact) mass is 637 g/mol. The summed E-state index contributed by atoms with van der Waals surface area (Å²) in [4.78, 5) is 17.6. The molecule has 0 unspecified atom stereocenters. The van der Waals surface area contributed by atoms with E-state index in [9.17, 15) is 4.79 Å². The zero-order valence-electron chi connectivity index (χ0n) is 28.5. The molecule has 4 heterocycles. The largest absolute Gasteiger partial charge is 0.494 e. The van der Waals surface area contributed by atoms with Crippen molar-refractivity contribution in [2.45, 2.75) is 65.3 Å². The number of carbonyl (C=O) groups excluding carboxylic acids is 1. The molecule has 10 heteroatoms. The summed E-state index contributed by atoms with van der Waals surface area (Å²) >= 11 is 0. The lowest BCUT2D eigenvalue weighted by molar-refractivity contribution is 0.00578. The van der Waals surface area contributed by atoms with Crippen LogP contribution in [0.25, 0.3) is 22.0 Å². The Balaban J connectivity index is 1.23. The van der Waals surface area contributed by atoms with Crippen LogP contribution in [0.4, 0.5) is 16.2 Å². The van der Waals surface area contributed by atoms with E-state index in [4.69, 9.17) is 23.5 Å². The number of rotatable bonds is 5. The van der Waals surface area contributed by atoms with Gasteiger partial charge in [0.1, 0.15) is 5.60 Å². The van der Waals surface area contributed by atoms with Gasteiger partial charge >= 0.3 is 13.2 Å². The number of anilines is 2. The number of benzene rings is 3. The van der Waals surface area contributed by atoms with Crippen LogP contribution in [0.3, 0.4) is 0 Å². The number of carbonyl (C=O) groups is 1. The van der Waals surface area contributed by atoms with Crippen LogP contribution in [-0.2, 0) is 18.8 Å². The van der Waals surface area contributed by atoms with Crippen LogP contribution < -0.4 is 15.1 Å². The standard InChI is InChI=1S/C37H44BN3O6/c1-35(2,3)45-34(42)41-15-14-27-22-25(8-11-29(27)41)26-9-12-32-30(23-26)40(17-16-39-18-20-43-21-19-39)31-24-28(10-13-33(31)44-32)38-46-36(4,5)37(6,7)47-38/h8-15,22-24H,16-21H2,1-7H3. The molecule has 1 aromatic heterocycles. The summed E-state index contributed by atoms with van der Waals surface area (Å²) in [5.41, 5.74) is 4.42. The Morgan fingerprint density at radius 2 is 1.47 bits per heavy atom. The third-order valence-corrected chi connectivity index (χ3v) is 9.63. The van der Waals surface area contributed by atoms with Gasteiger partial charge in [-0.15, -0.1) is 0 Å². The highest BCUT2D eigenvalue weighted by Crippen LogP contribution is 2.48. The van der Waals surface area contributed by atoms with Gasteiger partial charge in [0.2, 0.25) is 0 Å². The molecule has 3 aromatic carbocycles. The molecule has 2 fully saturated rings. The van der Waals surface area contributed by atoms with Gasteiger partial charge in [0.15, 0.2) is 11.5 Å². The fraction of sp³-hybridized carbons (Fsp3) is 0.432. The van der Waals surface area contributed by atoms with Gasteiger partial charge in [0, 0.05) is 37.8 Å². The van der Waals surface area contributed by atoms with Crippen LogP contribution in [0.1, 0.15) is 48.5 Å². The Morgan fingerprint density at radius 1 is 0.830 bits per heavy atom. The van der Waals surface area contributed by atoms with Gasteiger partial charge in [-0.2, -0.15) is 0 Å². The molecule has 0 atom stereocenters. The van der Waals surface area contributed by atoms with Gasteiger partial charge in [-0.25, -0.2) is 4.79 Å². The summed E-state index contributed by atoms with van der Waals surface area (Å²) in [7, 11) is -0.473. The minimum atomic E-state index is -0.573. The van der Waals surface area contributed by atoms with Crippen molar-refractivity contribution in [2.24, 2.45) is 0 Å². The van der Waals surface area contributed by atoms with Crippen LogP contribution in [0.15, 0.2) is 66.9 Å². The molecule has 47 heavy (non-hydrogen) atoms. The Kier molecular flexibility index (Phi) is 7.91. The quantitative estimate of drug-likeness (QED) is 0.218. The normalized spacial score (nSPS) is 19.0. The lowest BCUT2D eigenvalue weighted by atomic mass is 9.78. The summed E-state index contributed by atoms with van der Waals surface area (Å²) in [5.74, 6) is 1.61. The predicted molar refractivity (Wildman–Crippen MR) is 186 cm³/mol. The molecule has 0 radical (unpaired) electrons. The highest BCUT2D eigenvalue weighted by atomic mass is 16.7. The first-order valence-corrected chi connectivity index (χ1v) is 16.5. The Morgan fingerprint density at radius 3 is 2.17 bits per heavy atom. The first-order chi connectivity index (χ1) is 22.3. The number of aromatic nitrogens is 1. The fourth-order valence-electron chi connectivity index (χ4n) is 6.30. The molecule has 246 valence electrons. The van der Waals surface area contributed by atoms with Crippen molar-refractivity contribution in [1.82, 2.24) is 9.47 Å². The summed E-state index contributed by atoms with van der Waals surface area (Å²) in [5, 5.41) is 0.962. The maximum Gasteiger partial charge on any atom is 0.494 e. The molecule has 4 aromatic rings. The molecule has 0 N–H and O–H groups in total. The molecule has 0 spiro atoms. The molecule has 3 aliphatic heterocycles. The van der Waals surface area contributed by atoms with Gasteiger partial charge < -0.3 is 28.4 Å². The van der Waals surface area contributed by atoms with Crippen LogP contribution >= 0.6 is 0 Å². The third kappa shape index (κ3) is 6.15. The lowest BCUT2D eigenvalue weighted by Crippen LogP contribution is -2.41. The maximum absolute atomic E-state index is 12.8. The molecular formula is C37H44BN3O6. The van der Waals surface area contributed by atoms with E-state index in [0.717, 1.165) is 89.8 Å². The van der Waals surface area contributed by atoms with E-state index in [1.165, 1.54) is 0 Å². The highest BCUT2D eigenvalue weighted by molar-refractivity contribution is 6.62. The summed E-state index contributed by atoms with van der Waals surface area (Å²) in [6.45, 7) is 18.9. The van der Waals surface area contributed by atoms with Crippen molar-refractivity contribution in [3.8, 4) is 22.6 Å². The van der Waals surface area contributed by atoms with E-state index < -0.39 is 23.9 Å². The molecule has 9 nitrogen and oxygen atoms in total. The summed E-state index contributed by atoms with van der Waals surface area (Å²) in [6.07, 6.45) is 1.38. The zero-order chi connectivity index (χ0) is 33.1. The minimum Gasteiger partial charge on any atom is -0.453 e. The van der Waals surface area contributed by atoms with E-state index in [0.29, 0.717) is 0 Å². The Hall–Kier alpha value is -3.83. The van der Waals surface area contributed by atoms with E-state index >= 15 is 0 Å². The molecule has 3 aliphatic rings. The Bertz CT molecular complexity index is 1800. The second kappa shape index (κ2) is 11.7. The predicted octanol–water partition coefficient (Wildman–Crippen LogP) is 6.97. The van der Waals surface area contributed by atoms with Crippen molar-refractivity contribution in [3.63, 3.8) is 0 Å². The Labute approximate surface area is 277 Å². The van der Waals surface area contributed by atoms with E-state index in [-0.39, 0.29) is 6.09 Å². The van der Waals surface area contributed by atoms with Crippen molar-refractivity contribution in [3.05, 3.63) is 66.9 Å². The van der Waals surface area contributed by atoms with Gasteiger partial charge in [-0.1, -0.05) is 18.2 Å². The first-order valence-electron chi connectivity index (χ1n) is 16.5. The summed E-state index contributed by atoms with van der Waals surface area (Å²) in [6, 6.07) is 20.7. The van der Waals surface area contributed by atoms with Crippen LogP contribution in [-0.4, -0.2) is 78.9 Å². The van der Waals surface area contributed by atoms with Crippen molar-refractivity contribution in [2.75, 3.05) is 44.3 Å². The highest BCUT2D eigenvalue weighted by Gasteiger charge is 2.52. The van der Waals surface area contributed by atoms with E-state index in [1.807, 2.05) is 51.1 Å². The van der Waals surface area contributed by atoms with Gasteiger partial charge in [0.25, 0.3) is 0 Å². The molecule has 7 rings (SSSR count). The average molecular weight is 638 g/mol. The number of nitrogens with zero attached hydrogens (tertiary/aromatic N) is 3.